The summed E-state index contributed by atoms with van der Waals surface area (Å²) in [6, 6.07) is 0. The van der Waals surface area contributed by atoms with Gasteiger partial charge in [0.25, 0.3) is 0 Å². The van der Waals surface area contributed by atoms with E-state index in [0.717, 1.165) is 19.4 Å². The van der Waals surface area contributed by atoms with Gasteiger partial charge in [0.05, 0.1) is 17.8 Å². The van der Waals surface area contributed by atoms with Crippen molar-refractivity contribution >= 4 is 17.4 Å². The van der Waals surface area contributed by atoms with Crippen molar-refractivity contribution < 1.29 is 4.79 Å². The molecule has 2 N–H and O–H groups in total. The van der Waals surface area contributed by atoms with Crippen molar-refractivity contribution in [2.75, 3.05) is 27.2 Å². The van der Waals surface area contributed by atoms with E-state index in [1.807, 2.05) is 25.9 Å². The Morgan fingerprint density at radius 3 is 2.79 bits per heavy atom. The van der Waals surface area contributed by atoms with Crippen molar-refractivity contribution in [3.8, 4) is 0 Å². The molecule has 0 fully saturated rings. The lowest BCUT2D eigenvalue weighted by atomic mass is 9.96. The molecule has 1 unspecified atom stereocenters. The average Bonchev–Trinajstić information content (AvgIpc) is 2.74. The van der Waals surface area contributed by atoms with Crippen molar-refractivity contribution in [3.63, 3.8) is 0 Å². The molecule has 0 amide bonds. The number of halogens is 1. The van der Waals surface area contributed by atoms with Gasteiger partial charge in [-0.05, 0) is 20.5 Å². The van der Waals surface area contributed by atoms with Gasteiger partial charge in [0.1, 0.15) is 5.69 Å². The number of carbonyl (C=O) groups excluding carboxylic acids is 1. The maximum absolute atomic E-state index is 12.5. The minimum absolute atomic E-state index is 0.00519. The zero-order valence-corrected chi connectivity index (χ0v) is 12.7. The molecule has 108 valence electrons. The Kier molecular flexibility index (Phi) is 6.48. The van der Waals surface area contributed by atoms with Crippen LogP contribution in [0.1, 0.15) is 30.3 Å². The minimum Gasteiger partial charge on any atom is -0.330 e. The van der Waals surface area contributed by atoms with Crippen LogP contribution in [0.15, 0.2) is 6.20 Å². The van der Waals surface area contributed by atoms with Gasteiger partial charge in [-0.25, -0.2) is 0 Å². The van der Waals surface area contributed by atoms with E-state index >= 15 is 0 Å². The summed E-state index contributed by atoms with van der Waals surface area (Å²) in [6.07, 6.45) is 3.24. The highest BCUT2D eigenvalue weighted by Gasteiger charge is 2.24. The zero-order chi connectivity index (χ0) is 14.4. The number of Topliss-reactive ketones (excluding diaryl/α,β-unsaturated/α-hetero) is 1. The predicted molar refractivity (Wildman–Crippen MR) is 77.6 cm³/mol. The van der Waals surface area contributed by atoms with E-state index in [1.54, 1.807) is 4.68 Å². The first-order valence-corrected chi connectivity index (χ1v) is 6.99. The number of hydrogen-bond donors (Lipinski definition) is 1. The van der Waals surface area contributed by atoms with Gasteiger partial charge in [-0.3, -0.25) is 9.48 Å². The zero-order valence-electron chi connectivity index (χ0n) is 11.9. The van der Waals surface area contributed by atoms with Crippen LogP contribution in [0.3, 0.4) is 0 Å². The van der Waals surface area contributed by atoms with Crippen LogP contribution in [0.25, 0.3) is 0 Å². The summed E-state index contributed by atoms with van der Waals surface area (Å²) in [5.74, 6) is -0.164. The molecule has 0 aliphatic heterocycles. The normalized spacial score (nSPS) is 12.9. The fraction of sp³-hybridized carbons (Fsp3) is 0.692. The van der Waals surface area contributed by atoms with Gasteiger partial charge in [0.15, 0.2) is 5.78 Å². The third-order valence-electron chi connectivity index (χ3n) is 3.08. The Hall–Kier alpha value is -0.910. The molecule has 0 aromatic carbocycles. The number of aromatic nitrogens is 2. The second-order valence-electron chi connectivity index (χ2n) is 4.95. The molecule has 1 heterocycles. The maximum Gasteiger partial charge on any atom is 0.186 e. The highest BCUT2D eigenvalue weighted by atomic mass is 35.5. The monoisotopic (exact) mass is 286 g/mol. The molecule has 19 heavy (non-hydrogen) atoms. The van der Waals surface area contributed by atoms with Crippen molar-refractivity contribution in [1.29, 1.82) is 0 Å². The molecule has 1 rings (SSSR count). The summed E-state index contributed by atoms with van der Waals surface area (Å²) in [7, 11) is 3.96. The lowest BCUT2D eigenvalue weighted by molar-refractivity contribution is 0.0905. The van der Waals surface area contributed by atoms with Crippen LogP contribution < -0.4 is 5.73 Å². The predicted octanol–water partition coefficient (Wildman–Crippen LogP) is 1.66. The molecule has 0 aliphatic carbocycles. The summed E-state index contributed by atoms with van der Waals surface area (Å²) in [5.41, 5.74) is 6.18. The standard InChI is InChI=1S/C13H23ClN4O/c1-4-5-10(8-15)13(19)12-11(14)9-16-18(12)7-6-17(2)3/h9-10H,4-8,15H2,1-3H3. The van der Waals surface area contributed by atoms with Gasteiger partial charge >= 0.3 is 0 Å². The van der Waals surface area contributed by atoms with Crippen LogP contribution in [0.4, 0.5) is 0 Å². The van der Waals surface area contributed by atoms with E-state index in [4.69, 9.17) is 17.3 Å². The van der Waals surface area contributed by atoms with Gasteiger partial charge < -0.3 is 10.6 Å². The molecule has 1 aromatic rings. The second-order valence-corrected chi connectivity index (χ2v) is 5.36. The first kappa shape index (κ1) is 16.1. The molecule has 0 saturated heterocycles. The van der Waals surface area contributed by atoms with E-state index < -0.39 is 0 Å². The minimum atomic E-state index is -0.169. The molecule has 0 saturated carbocycles. The van der Waals surface area contributed by atoms with Crippen LogP contribution >= 0.6 is 11.6 Å². The van der Waals surface area contributed by atoms with Crippen molar-refractivity contribution in [1.82, 2.24) is 14.7 Å². The van der Waals surface area contributed by atoms with E-state index in [9.17, 15) is 4.79 Å². The summed E-state index contributed by atoms with van der Waals surface area (Å²) < 4.78 is 1.68. The summed E-state index contributed by atoms with van der Waals surface area (Å²) in [5, 5.41) is 4.60. The van der Waals surface area contributed by atoms with Crippen molar-refractivity contribution in [2.45, 2.75) is 26.3 Å². The van der Waals surface area contributed by atoms with Crippen LogP contribution in [-0.2, 0) is 6.54 Å². The molecule has 5 nitrogen and oxygen atoms in total. The number of nitrogens with two attached hydrogens (primary N) is 1. The largest absolute Gasteiger partial charge is 0.330 e. The lowest BCUT2D eigenvalue weighted by Gasteiger charge is -2.15. The molecule has 6 heteroatoms. The van der Waals surface area contributed by atoms with Crippen molar-refractivity contribution in [2.24, 2.45) is 11.7 Å². The molecular formula is C13H23ClN4O. The topological polar surface area (TPSA) is 64.2 Å². The molecule has 1 aromatic heterocycles. The Morgan fingerprint density at radius 2 is 2.26 bits per heavy atom. The number of ketones is 1. The third kappa shape index (κ3) is 4.30. The average molecular weight is 287 g/mol. The Morgan fingerprint density at radius 1 is 1.58 bits per heavy atom. The van der Waals surface area contributed by atoms with Crippen LogP contribution in [-0.4, -0.2) is 47.6 Å². The van der Waals surface area contributed by atoms with E-state index in [1.165, 1.54) is 6.20 Å². The smallest absolute Gasteiger partial charge is 0.186 e. The highest BCUT2D eigenvalue weighted by Crippen LogP contribution is 2.21. The van der Waals surface area contributed by atoms with Gasteiger partial charge in [-0.2, -0.15) is 5.10 Å². The van der Waals surface area contributed by atoms with Gasteiger partial charge in [0.2, 0.25) is 0 Å². The Balaban J connectivity index is 2.91. The SMILES string of the molecule is CCCC(CN)C(=O)c1c(Cl)cnn1CCN(C)C. The number of carbonyl (C=O) groups is 1. The molecule has 0 aliphatic rings. The second kappa shape index (κ2) is 7.62. The number of nitrogens with zero attached hydrogens (tertiary/aromatic N) is 3. The molecule has 0 spiro atoms. The van der Waals surface area contributed by atoms with Crippen LogP contribution in [0.2, 0.25) is 5.02 Å². The number of likely N-dealkylation sites (N-methyl/N-ethyl adjacent to an activating group) is 1. The molecule has 0 bridgehead atoms. The Bertz CT molecular complexity index is 417. The highest BCUT2D eigenvalue weighted by molar-refractivity contribution is 6.33. The quantitative estimate of drug-likeness (QED) is 0.738. The first-order chi connectivity index (χ1) is 9.01. The first-order valence-electron chi connectivity index (χ1n) is 6.61. The number of hydrogen-bond acceptors (Lipinski definition) is 4. The molecule has 1 atom stereocenters. The molecule has 0 radical (unpaired) electrons. The summed E-state index contributed by atoms with van der Waals surface area (Å²) >= 11 is 6.10. The van der Waals surface area contributed by atoms with Gasteiger partial charge in [0, 0.05) is 19.0 Å². The summed E-state index contributed by atoms with van der Waals surface area (Å²) in [4.78, 5) is 14.5. The van der Waals surface area contributed by atoms with E-state index in [0.29, 0.717) is 23.8 Å². The van der Waals surface area contributed by atoms with E-state index in [2.05, 4.69) is 5.10 Å². The van der Waals surface area contributed by atoms with Crippen LogP contribution in [0, 0.1) is 5.92 Å². The summed E-state index contributed by atoms with van der Waals surface area (Å²) in [6.45, 7) is 3.84. The fourth-order valence-electron chi connectivity index (χ4n) is 1.97. The lowest BCUT2D eigenvalue weighted by Crippen LogP contribution is -2.28. The fourth-order valence-corrected chi connectivity index (χ4v) is 2.20. The van der Waals surface area contributed by atoms with E-state index in [-0.39, 0.29) is 11.7 Å². The van der Waals surface area contributed by atoms with Gasteiger partial charge in [-0.1, -0.05) is 24.9 Å². The van der Waals surface area contributed by atoms with Crippen LogP contribution in [0.5, 0.6) is 0 Å². The van der Waals surface area contributed by atoms with Crippen molar-refractivity contribution in [3.05, 3.63) is 16.9 Å². The molecular weight excluding hydrogens is 264 g/mol. The third-order valence-corrected chi connectivity index (χ3v) is 3.36. The maximum atomic E-state index is 12.5. The number of rotatable bonds is 8. The Labute approximate surface area is 119 Å². The van der Waals surface area contributed by atoms with Gasteiger partial charge in [-0.15, -0.1) is 0 Å².